The van der Waals surface area contributed by atoms with Crippen molar-refractivity contribution >= 4 is 21.5 Å². The van der Waals surface area contributed by atoms with Crippen LogP contribution in [0.25, 0.3) is 0 Å². The molecule has 0 spiro atoms. The predicted molar refractivity (Wildman–Crippen MR) is 66.3 cm³/mol. The number of ether oxygens (including phenoxy) is 1. The molecule has 20 heavy (non-hydrogen) atoms. The van der Waals surface area contributed by atoms with E-state index in [1.807, 2.05) is 0 Å². The Bertz CT molecular complexity index is 627. The van der Waals surface area contributed by atoms with Crippen LogP contribution in [0.3, 0.4) is 0 Å². The van der Waals surface area contributed by atoms with Gasteiger partial charge in [-0.1, -0.05) is 0 Å². The van der Waals surface area contributed by atoms with Crippen molar-refractivity contribution in [2.75, 3.05) is 12.4 Å². The molecule has 1 N–H and O–H groups in total. The minimum atomic E-state index is -4.10. The molecule has 110 valence electrons. The molecule has 0 aliphatic heterocycles. The van der Waals surface area contributed by atoms with Gasteiger partial charge in [-0.05, 0) is 12.5 Å². The molecule has 0 saturated heterocycles. The third kappa shape index (κ3) is 4.78. The van der Waals surface area contributed by atoms with Crippen LogP contribution in [0.4, 0.5) is 11.4 Å². The van der Waals surface area contributed by atoms with Crippen molar-refractivity contribution in [3.63, 3.8) is 0 Å². The minimum Gasteiger partial charge on any atom is -0.493 e. The van der Waals surface area contributed by atoms with E-state index in [0.29, 0.717) is 0 Å². The van der Waals surface area contributed by atoms with Crippen molar-refractivity contribution in [2.45, 2.75) is 6.42 Å². The Morgan fingerprint density at radius 3 is 2.25 bits per heavy atom. The molecule has 0 aliphatic rings. The molecule has 10 nitrogen and oxygen atoms in total. The van der Waals surface area contributed by atoms with Crippen LogP contribution in [0.15, 0.2) is 18.2 Å². The molecule has 0 amide bonds. The number of nitrogens with zero attached hydrogens (tertiary/aromatic N) is 2. The maximum Gasteiger partial charge on any atom is 0.349 e. The molecule has 1 aromatic carbocycles. The summed E-state index contributed by atoms with van der Waals surface area (Å²) in [6.07, 6.45) is -0.0242. The van der Waals surface area contributed by atoms with Gasteiger partial charge in [0.2, 0.25) is 0 Å². The number of benzene rings is 1. The Morgan fingerprint density at radius 2 is 1.75 bits per heavy atom. The summed E-state index contributed by atoms with van der Waals surface area (Å²) in [6.45, 7) is -0.116. The summed E-state index contributed by atoms with van der Waals surface area (Å²) in [5, 5.41) is 21.2. The summed E-state index contributed by atoms with van der Waals surface area (Å²) in [5.41, 5.74) is -1.39. The fraction of sp³-hybridized carbons (Fsp3) is 0.333. The zero-order valence-electron chi connectivity index (χ0n) is 9.96. The molecule has 1 aromatic rings. The molecule has 0 atom stereocenters. The van der Waals surface area contributed by atoms with Gasteiger partial charge in [-0.25, -0.2) is 0 Å². The third-order valence-electron chi connectivity index (χ3n) is 2.16. The van der Waals surface area contributed by atoms with Crippen LogP contribution in [0, 0.1) is 20.2 Å². The molecule has 0 saturated carbocycles. The van der Waals surface area contributed by atoms with E-state index in [4.69, 9.17) is 9.29 Å². The number of hydrogen-bond acceptors (Lipinski definition) is 7. The van der Waals surface area contributed by atoms with Crippen LogP contribution in [0.2, 0.25) is 0 Å². The first kappa shape index (κ1) is 15.8. The zero-order chi connectivity index (χ0) is 15.3. The molecule has 0 fully saturated rings. The first-order valence-corrected chi connectivity index (χ1v) is 6.82. The van der Waals surface area contributed by atoms with E-state index in [1.165, 1.54) is 6.07 Å². The monoisotopic (exact) mass is 306 g/mol. The smallest absolute Gasteiger partial charge is 0.349 e. The molecule has 0 aromatic heterocycles. The summed E-state index contributed by atoms with van der Waals surface area (Å²) < 4.78 is 34.4. The minimum absolute atomic E-state index is 0.00219. The highest BCUT2D eigenvalue weighted by Crippen LogP contribution is 2.30. The fourth-order valence-corrected chi connectivity index (χ4v) is 1.81. The first-order chi connectivity index (χ1) is 9.20. The number of nitro groups is 2. The van der Waals surface area contributed by atoms with E-state index < -0.39 is 37.1 Å². The third-order valence-corrected chi connectivity index (χ3v) is 2.96. The Kier molecular flexibility index (Phi) is 4.94. The highest BCUT2D eigenvalue weighted by atomic mass is 32.2. The summed E-state index contributed by atoms with van der Waals surface area (Å²) >= 11 is 0. The van der Waals surface area contributed by atoms with Crippen LogP contribution in [0.5, 0.6) is 5.75 Å². The van der Waals surface area contributed by atoms with Gasteiger partial charge in [0, 0.05) is 6.07 Å². The van der Waals surface area contributed by atoms with Gasteiger partial charge in [0.15, 0.2) is 0 Å². The van der Waals surface area contributed by atoms with Crippen molar-refractivity contribution < 1.29 is 27.6 Å². The Balaban J connectivity index is 2.75. The molecule has 0 radical (unpaired) electrons. The zero-order valence-corrected chi connectivity index (χ0v) is 10.8. The van der Waals surface area contributed by atoms with Crippen molar-refractivity contribution in [3.05, 3.63) is 38.4 Å². The average Bonchev–Trinajstić information content (AvgIpc) is 2.33. The van der Waals surface area contributed by atoms with Crippen LogP contribution in [-0.4, -0.2) is 35.2 Å². The molecule has 0 aliphatic carbocycles. The van der Waals surface area contributed by atoms with Gasteiger partial charge in [-0.2, -0.15) is 8.42 Å². The SMILES string of the molecule is O=[N+]([O-])c1ccc(OCCCS(=O)(=O)O)cc1[N+](=O)[O-]. The second-order valence-electron chi connectivity index (χ2n) is 3.65. The van der Waals surface area contributed by atoms with Gasteiger partial charge >= 0.3 is 11.4 Å². The normalized spacial score (nSPS) is 11.1. The molecule has 0 bridgehead atoms. The van der Waals surface area contributed by atoms with Crippen LogP contribution >= 0.6 is 0 Å². The van der Waals surface area contributed by atoms with E-state index in [9.17, 15) is 28.6 Å². The quantitative estimate of drug-likeness (QED) is 0.341. The largest absolute Gasteiger partial charge is 0.493 e. The molecule has 0 unspecified atom stereocenters. The maximum absolute atomic E-state index is 10.7. The number of hydrogen-bond donors (Lipinski definition) is 1. The number of nitro benzene ring substituents is 2. The molecule has 0 heterocycles. The Hall–Kier alpha value is -2.27. The lowest BCUT2D eigenvalue weighted by atomic mass is 10.2. The second kappa shape index (κ2) is 6.25. The molecule has 1 rings (SSSR count). The first-order valence-electron chi connectivity index (χ1n) is 5.21. The summed E-state index contributed by atoms with van der Waals surface area (Å²) in [7, 11) is -4.10. The van der Waals surface area contributed by atoms with Crippen molar-refractivity contribution in [3.8, 4) is 5.75 Å². The Morgan fingerprint density at radius 1 is 1.15 bits per heavy atom. The highest BCUT2D eigenvalue weighted by Gasteiger charge is 2.24. The summed E-state index contributed by atoms with van der Waals surface area (Å²) in [5.74, 6) is -0.514. The summed E-state index contributed by atoms with van der Waals surface area (Å²) in [4.78, 5) is 19.4. The second-order valence-corrected chi connectivity index (χ2v) is 5.22. The van der Waals surface area contributed by atoms with Crippen LogP contribution < -0.4 is 4.74 Å². The molecule has 11 heteroatoms. The van der Waals surface area contributed by atoms with Crippen molar-refractivity contribution in [1.82, 2.24) is 0 Å². The number of rotatable bonds is 7. The molecular formula is C9H10N2O8S. The van der Waals surface area contributed by atoms with E-state index >= 15 is 0 Å². The lowest BCUT2D eigenvalue weighted by molar-refractivity contribution is -0.422. The van der Waals surface area contributed by atoms with Gasteiger partial charge < -0.3 is 4.74 Å². The van der Waals surface area contributed by atoms with Gasteiger partial charge in [-0.15, -0.1) is 0 Å². The topological polar surface area (TPSA) is 150 Å². The lowest BCUT2D eigenvalue weighted by Gasteiger charge is -2.05. The fourth-order valence-electron chi connectivity index (χ4n) is 1.32. The predicted octanol–water partition coefficient (Wildman–Crippen LogP) is 1.16. The van der Waals surface area contributed by atoms with Gasteiger partial charge in [0.05, 0.1) is 28.3 Å². The summed E-state index contributed by atoms with van der Waals surface area (Å²) in [6, 6.07) is 2.97. The average molecular weight is 306 g/mol. The van der Waals surface area contributed by atoms with E-state index in [2.05, 4.69) is 0 Å². The molecular weight excluding hydrogens is 296 g/mol. The standard InChI is InChI=1S/C9H10N2O8S/c12-10(13)8-3-2-7(6-9(8)11(14)15)19-4-1-5-20(16,17)18/h2-3,6H,1,4-5H2,(H,16,17,18). The van der Waals surface area contributed by atoms with Crippen LogP contribution in [-0.2, 0) is 10.1 Å². The van der Waals surface area contributed by atoms with Crippen molar-refractivity contribution in [2.24, 2.45) is 0 Å². The van der Waals surface area contributed by atoms with E-state index in [0.717, 1.165) is 12.1 Å². The van der Waals surface area contributed by atoms with Crippen molar-refractivity contribution in [1.29, 1.82) is 0 Å². The maximum atomic E-state index is 10.7. The van der Waals surface area contributed by atoms with Gasteiger partial charge in [-0.3, -0.25) is 24.8 Å². The van der Waals surface area contributed by atoms with E-state index in [-0.39, 0.29) is 18.8 Å². The van der Waals surface area contributed by atoms with Crippen LogP contribution in [0.1, 0.15) is 6.42 Å². The lowest BCUT2D eigenvalue weighted by Crippen LogP contribution is -2.08. The van der Waals surface area contributed by atoms with Gasteiger partial charge in [0.1, 0.15) is 5.75 Å². The Labute approximate surface area is 113 Å². The highest BCUT2D eigenvalue weighted by molar-refractivity contribution is 7.85. The van der Waals surface area contributed by atoms with E-state index in [1.54, 1.807) is 0 Å². The van der Waals surface area contributed by atoms with Gasteiger partial charge in [0.25, 0.3) is 10.1 Å².